The van der Waals surface area contributed by atoms with Crippen LogP contribution in [0.25, 0.3) is 0 Å². The maximum Gasteiger partial charge on any atom is 0.219 e. The van der Waals surface area contributed by atoms with Gasteiger partial charge >= 0.3 is 0 Å². The molecule has 0 N–H and O–H groups in total. The number of carbonyl (C=O) groups is 3. The van der Waals surface area contributed by atoms with Crippen molar-refractivity contribution < 1.29 is 19.1 Å². The number of carbonyl (C=O) groups excluding carboxylic acids is 3. The van der Waals surface area contributed by atoms with Gasteiger partial charge in [-0.05, 0) is 88.5 Å². The molecule has 6 heteroatoms. The summed E-state index contributed by atoms with van der Waals surface area (Å²) in [4.78, 5) is 40.4. The van der Waals surface area contributed by atoms with E-state index < -0.39 is 5.60 Å². The molecular weight excluding hydrogens is 458 g/mol. The Kier molecular flexibility index (Phi) is 8.47. The first-order valence-electron chi connectivity index (χ1n) is 12.2. The Labute approximate surface area is 213 Å². The number of benzene rings is 2. The van der Waals surface area contributed by atoms with Gasteiger partial charge in [-0.3, -0.25) is 14.4 Å². The fraction of sp³-hybridized carbons (Fsp3) is 0.483. The maximum absolute atomic E-state index is 13.4. The van der Waals surface area contributed by atoms with E-state index in [-0.39, 0.29) is 29.3 Å². The molecule has 1 amide bonds. The number of Topliss-reactive ketones (excluding diaryl/α,β-unsaturated/α-hetero) is 2. The summed E-state index contributed by atoms with van der Waals surface area (Å²) in [5.74, 6) is 0.785. The number of amides is 1. The molecule has 1 heterocycles. The van der Waals surface area contributed by atoms with Gasteiger partial charge in [0.15, 0.2) is 17.2 Å². The molecule has 1 fully saturated rings. The van der Waals surface area contributed by atoms with Crippen LogP contribution in [0, 0.1) is 25.7 Å². The highest BCUT2D eigenvalue weighted by Crippen LogP contribution is 2.33. The second-order valence-corrected chi connectivity index (χ2v) is 11.0. The summed E-state index contributed by atoms with van der Waals surface area (Å²) in [5, 5.41) is 0. The Morgan fingerprint density at radius 1 is 1.03 bits per heavy atom. The average molecular weight is 496 g/mol. The first-order chi connectivity index (χ1) is 16.4. The number of hydrogen-bond donors (Lipinski definition) is 0. The van der Waals surface area contributed by atoms with Gasteiger partial charge in [-0.15, -0.1) is 11.8 Å². The monoisotopic (exact) mass is 495 g/mol. The molecule has 2 aromatic carbocycles. The maximum atomic E-state index is 13.4. The number of rotatable bonds is 9. The molecular formula is C29H37NO4S. The normalized spacial score (nSPS) is 18.0. The van der Waals surface area contributed by atoms with E-state index in [4.69, 9.17) is 4.74 Å². The summed E-state index contributed by atoms with van der Waals surface area (Å²) in [6.07, 6.45) is 3.64. The number of aryl methyl sites for hydroxylation is 3. The predicted octanol–water partition coefficient (Wildman–Crippen LogP) is 5.68. The number of likely N-dealkylation sites (tertiary alicyclic amines) is 1. The highest BCUT2D eigenvalue weighted by atomic mass is 32.2. The third-order valence-electron chi connectivity index (χ3n) is 7.13. The zero-order valence-electron chi connectivity index (χ0n) is 21.9. The minimum Gasteiger partial charge on any atom is -0.480 e. The molecule has 0 radical (unpaired) electrons. The highest BCUT2D eigenvalue weighted by Gasteiger charge is 2.38. The molecule has 35 heavy (non-hydrogen) atoms. The van der Waals surface area contributed by atoms with Gasteiger partial charge in [0.2, 0.25) is 5.91 Å². The second kappa shape index (κ2) is 11.0. The average Bonchev–Trinajstić information content (AvgIpc) is 3.24. The van der Waals surface area contributed by atoms with Crippen molar-refractivity contribution in [1.82, 2.24) is 4.90 Å². The molecule has 1 saturated heterocycles. The zero-order valence-corrected chi connectivity index (χ0v) is 22.8. The lowest BCUT2D eigenvalue weighted by molar-refractivity contribution is -0.129. The largest absolute Gasteiger partial charge is 0.480 e. The molecule has 2 atom stereocenters. The molecule has 3 rings (SSSR count). The van der Waals surface area contributed by atoms with Crippen molar-refractivity contribution in [2.45, 2.75) is 64.9 Å². The first kappa shape index (κ1) is 27.0. The third-order valence-corrected chi connectivity index (χ3v) is 7.87. The van der Waals surface area contributed by atoms with Crippen LogP contribution in [0.2, 0.25) is 0 Å². The van der Waals surface area contributed by atoms with Gasteiger partial charge in [0.1, 0.15) is 5.75 Å². The number of hydrogen-bond acceptors (Lipinski definition) is 5. The topological polar surface area (TPSA) is 63.7 Å². The molecule has 0 spiro atoms. The van der Waals surface area contributed by atoms with Crippen molar-refractivity contribution in [3.63, 3.8) is 0 Å². The molecule has 2 unspecified atom stereocenters. The van der Waals surface area contributed by atoms with Crippen LogP contribution in [0.3, 0.4) is 0 Å². The summed E-state index contributed by atoms with van der Waals surface area (Å²) < 4.78 is 6.07. The fourth-order valence-corrected chi connectivity index (χ4v) is 5.12. The van der Waals surface area contributed by atoms with Crippen molar-refractivity contribution in [3.05, 3.63) is 58.7 Å². The quantitative estimate of drug-likeness (QED) is 0.331. The fourth-order valence-electron chi connectivity index (χ4n) is 4.71. The van der Waals surface area contributed by atoms with E-state index in [9.17, 15) is 14.4 Å². The van der Waals surface area contributed by atoms with Crippen LogP contribution in [0.15, 0.2) is 41.3 Å². The van der Waals surface area contributed by atoms with Crippen LogP contribution in [-0.2, 0) is 16.0 Å². The van der Waals surface area contributed by atoms with Crippen molar-refractivity contribution in [2.24, 2.45) is 11.8 Å². The first-order valence-corrected chi connectivity index (χ1v) is 13.4. The Bertz CT molecular complexity index is 1080. The molecule has 2 aromatic rings. The second-order valence-electron chi connectivity index (χ2n) is 10.1. The highest BCUT2D eigenvalue weighted by molar-refractivity contribution is 7.98. The van der Waals surface area contributed by atoms with Gasteiger partial charge in [-0.1, -0.05) is 24.3 Å². The van der Waals surface area contributed by atoms with E-state index in [1.807, 2.05) is 44.4 Å². The molecule has 0 bridgehead atoms. The Hall–Kier alpha value is -2.60. The Morgan fingerprint density at radius 3 is 2.14 bits per heavy atom. The minimum absolute atomic E-state index is 0.0179. The molecule has 1 aliphatic rings. The van der Waals surface area contributed by atoms with E-state index in [0.717, 1.165) is 34.6 Å². The Morgan fingerprint density at radius 2 is 1.63 bits per heavy atom. The van der Waals surface area contributed by atoms with Gasteiger partial charge in [0, 0.05) is 36.4 Å². The van der Waals surface area contributed by atoms with Gasteiger partial charge in [0.25, 0.3) is 0 Å². The van der Waals surface area contributed by atoms with Crippen LogP contribution in [0.5, 0.6) is 5.75 Å². The van der Waals surface area contributed by atoms with E-state index in [2.05, 4.69) is 12.1 Å². The van der Waals surface area contributed by atoms with Gasteiger partial charge in [-0.25, -0.2) is 0 Å². The summed E-state index contributed by atoms with van der Waals surface area (Å²) in [6.45, 7) is 11.8. The molecule has 0 saturated carbocycles. The number of ether oxygens (including phenoxy) is 1. The summed E-state index contributed by atoms with van der Waals surface area (Å²) in [6, 6.07) is 12.0. The van der Waals surface area contributed by atoms with Gasteiger partial charge in [0.05, 0.1) is 0 Å². The van der Waals surface area contributed by atoms with E-state index >= 15 is 0 Å². The van der Waals surface area contributed by atoms with Crippen molar-refractivity contribution >= 4 is 29.2 Å². The van der Waals surface area contributed by atoms with Crippen LogP contribution in [0.1, 0.15) is 61.2 Å². The molecule has 5 nitrogen and oxygen atoms in total. The van der Waals surface area contributed by atoms with Crippen molar-refractivity contribution in [2.75, 3.05) is 19.3 Å². The standard InChI is InChI=1S/C29H37NO4S/c1-18-14-22(15-19(2)28(18)34-29(5,6)20(3)31)8-9-24-16-30(21(4)32)17-26(24)27(33)23-10-12-25(35-7)13-11-23/h10-15,24,26H,8-9,16-17H2,1-7H3. The van der Waals surface area contributed by atoms with E-state index in [1.165, 1.54) is 5.56 Å². The van der Waals surface area contributed by atoms with Crippen LogP contribution < -0.4 is 4.74 Å². The lowest BCUT2D eigenvalue weighted by atomic mass is 9.84. The minimum atomic E-state index is -0.876. The van der Waals surface area contributed by atoms with E-state index in [1.54, 1.807) is 44.4 Å². The number of ketones is 2. The lowest BCUT2D eigenvalue weighted by Gasteiger charge is -2.26. The van der Waals surface area contributed by atoms with Crippen LogP contribution in [-0.4, -0.2) is 47.3 Å². The van der Waals surface area contributed by atoms with Crippen LogP contribution >= 0.6 is 11.8 Å². The molecule has 0 aliphatic carbocycles. The van der Waals surface area contributed by atoms with E-state index in [0.29, 0.717) is 18.7 Å². The van der Waals surface area contributed by atoms with Crippen LogP contribution in [0.4, 0.5) is 0 Å². The summed E-state index contributed by atoms with van der Waals surface area (Å²) in [7, 11) is 0. The summed E-state index contributed by atoms with van der Waals surface area (Å²) >= 11 is 1.65. The Balaban J connectivity index is 1.76. The third kappa shape index (κ3) is 6.35. The van der Waals surface area contributed by atoms with Gasteiger partial charge < -0.3 is 9.64 Å². The molecule has 188 valence electrons. The van der Waals surface area contributed by atoms with Crippen molar-refractivity contribution in [1.29, 1.82) is 0 Å². The zero-order chi connectivity index (χ0) is 25.9. The predicted molar refractivity (Wildman–Crippen MR) is 141 cm³/mol. The smallest absolute Gasteiger partial charge is 0.219 e. The van der Waals surface area contributed by atoms with Crippen molar-refractivity contribution in [3.8, 4) is 5.75 Å². The molecule has 1 aliphatic heterocycles. The molecule has 0 aromatic heterocycles. The van der Waals surface area contributed by atoms with Gasteiger partial charge in [-0.2, -0.15) is 0 Å². The SMILES string of the molecule is CSc1ccc(C(=O)C2CN(C(C)=O)CC2CCc2cc(C)c(OC(C)(C)C(C)=O)c(C)c2)cc1. The lowest BCUT2D eigenvalue weighted by Crippen LogP contribution is -2.36. The number of thioether (sulfide) groups is 1. The summed E-state index contributed by atoms with van der Waals surface area (Å²) in [5.41, 5.74) is 2.99. The number of nitrogens with zero attached hydrogens (tertiary/aromatic N) is 1.